The zero-order chi connectivity index (χ0) is 21.2. The van der Waals surface area contributed by atoms with Gasteiger partial charge in [-0.3, -0.25) is 19.2 Å². The Labute approximate surface area is 174 Å². The fourth-order valence-corrected chi connectivity index (χ4v) is 4.82. The van der Waals surface area contributed by atoms with Gasteiger partial charge < -0.3 is 4.74 Å². The molecule has 5 nitrogen and oxygen atoms in total. The van der Waals surface area contributed by atoms with Crippen LogP contribution in [0.5, 0.6) is 0 Å². The summed E-state index contributed by atoms with van der Waals surface area (Å²) in [5.41, 5.74) is 0. The third-order valence-electron chi connectivity index (χ3n) is 6.50. The lowest BCUT2D eigenvalue weighted by atomic mass is 9.88. The van der Waals surface area contributed by atoms with E-state index in [1.165, 1.54) is 0 Å². The summed E-state index contributed by atoms with van der Waals surface area (Å²) in [5.74, 6) is -1.11. The Hall–Kier alpha value is -1.78. The molecule has 4 unspecified atom stereocenters. The minimum absolute atomic E-state index is 0.00757. The Morgan fingerprint density at radius 3 is 2.24 bits per heavy atom. The van der Waals surface area contributed by atoms with Crippen molar-refractivity contribution in [3.05, 3.63) is 12.2 Å². The van der Waals surface area contributed by atoms with Crippen LogP contribution in [0.25, 0.3) is 0 Å². The molecule has 2 saturated carbocycles. The minimum Gasteiger partial charge on any atom is -0.393 e. The molecule has 0 heterocycles. The minimum atomic E-state index is -0.595. The van der Waals surface area contributed by atoms with Gasteiger partial charge in [-0.25, -0.2) is 0 Å². The van der Waals surface area contributed by atoms with E-state index in [-0.39, 0.29) is 48.1 Å². The highest BCUT2D eigenvalue weighted by Gasteiger charge is 2.38. The van der Waals surface area contributed by atoms with Crippen LogP contribution in [0.4, 0.5) is 0 Å². The maximum absolute atomic E-state index is 12.3. The van der Waals surface area contributed by atoms with E-state index < -0.39 is 11.9 Å². The van der Waals surface area contributed by atoms with Crippen LogP contribution in [-0.2, 0) is 23.9 Å². The van der Waals surface area contributed by atoms with Crippen LogP contribution in [-0.4, -0.2) is 23.5 Å². The molecule has 162 valence electrons. The Bertz CT molecular complexity index is 621. The van der Waals surface area contributed by atoms with Crippen molar-refractivity contribution in [2.24, 2.45) is 23.7 Å². The second-order valence-corrected chi connectivity index (χ2v) is 8.61. The van der Waals surface area contributed by atoms with Gasteiger partial charge in [0, 0.05) is 31.1 Å². The van der Waals surface area contributed by atoms with Gasteiger partial charge in [0.15, 0.2) is 0 Å². The molecule has 0 N–H and O–H groups in total. The second-order valence-electron chi connectivity index (χ2n) is 8.61. The first kappa shape index (κ1) is 23.5. The number of ether oxygens (including phenoxy) is 1. The zero-order valence-electron chi connectivity index (χ0n) is 18.0. The van der Waals surface area contributed by atoms with Gasteiger partial charge in [0.05, 0.1) is 6.42 Å². The fraction of sp³-hybridized carbons (Fsp3) is 0.750. The zero-order valence-corrected chi connectivity index (χ0v) is 18.0. The van der Waals surface area contributed by atoms with Crippen LogP contribution in [0.15, 0.2) is 12.2 Å². The Kier molecular flexibility index (Phi) is 9.75. The van der Waals surface area contributed by atoms with Gasteiger partial charge in [0.2, 0.25) is 0 Å². The van der Waals surface area contributed by atoms with Crippen LogP contribution < -0.4 is 0 Å². The van der Waals surface area contributed by atoms with E-state index in [1.54, 1.807) is 0 Å². The van der Waals surface area contributed by atoms with Crippen molar-refractivity contribution in [3.63, 3.8) is 0 Å². The number of carbonyl (C=O) groups excluding carboxylic acids is 4. The molecule has 2 rings (SSSR count). The molecule has 0 aromatic heterocycles. The smallest absolute Gasteiger partial charge is 0.314 e. The standard InChI is InChI=1S/C24H36O5/c1-3-5-7-9-17-11-13-22(26)20(17)16-24(28)29-23(27)15-18-12-14-21(25)19(18)10-8-6-4-2/h6,8,17-20H,3-5,7,9-16H2,1-2H3/b8-6-. The Balaban J connectivity index is 1.81. The quantitative estimate of drug-likeness (QED) is 0.210. The van der Waals surface area contributed by atoms with Crippen molar-refractivity contribution in [1.82, 2.24) is 0 Å². The second kappa shape index (κ2) is 12.0. The van der Waals surface area contributed by atoms with E-state index in [9.17, 15) is 19.2 Å². The largest absolute Gasteiger partial charge is 0.393 e. The van der Waals surface area contributed by atoms with E-state index in [0.717, 1.165) is 38.5 Å². The highest BCUT2D eigenvalue weighted by atomic mass is 16.6. The number of hydrogen-bond donors (Lipinski definition) is 0. The SMILES string of the molecule is CC/C=C\CC1C(=O)CCC1CC(=O)OC(=O)CC1C(=O)CCC1CCCCC. The number of Topliss-reactive ketones (excluding diaryl/α,β-unsaturated/α-hetero) is 2. The first-order valence-corrected chi connectivity index (χ1v) is 11.4. The third kappa shape index (κ3) is 7.20. The van der Waals surface area contributed by atoms with Crippen LogP contribution in [0.1, 0.15) is 90.9 Å². The maximum Gasteiger partial charge on any atom is 0.314 e. The average Bonchev–Trinajstić information content (AvgIpc) is 3.19. The van der Waals surface area contributed by atoms with Gasteiger partial charge in [-0.15, -0.1) is 0 Å². The number of allylic oxidation sites excluding steroid dienone is 2. The van der Waals surface area contributed by atoms with Gasteiger partial charge in [-0.05, 0) is 43.9 Å². The molecule has 0 radical (unpaired) electrons. The Morgan fingerprint density at radius 2 is 1.55 bits per heavy atom. The molecule has 29 heavy (non-hydrogen) atoms. The van der Waals surface area contributed by atoms with E-state index in [2.05, 4.69) is 6.92 Å². The molecule has 0 aliphatic heterocycles. The van der Waals surface area contributed by atoms with Crippen molar-refractivity contribution in [2.75, 3.05) is 0 Å². The van der Waals surface area contributed by atoms with Gasteiger partial charge in [-0.2, -0.15) is 0 Å². The van der Waals surface area contributed by atoms with Gasteiger partial charge in [0.1, 0.15) is 11.6 Å². The number of carbonyl (C=O) groups is 4. The summed E-state index contributed by atoms with van der Waals surface area (Å²) in [5, 5.41) is 0. The van der Waals surface area contributed by atoms with Gasteiger partial charge in [-0.1, -0.05) is 45.3 Å². The number of esters is 2. The highest BCUT2D eigenvalue weighted by Crippen LogP contribution is 2.36. The molecule has 0 bridgehead atoms. The molecule has 2 aliphatic rings. The summed E-state index contributed by atoms with van der Waals surface area (Å²) < 4.78 is 5.05. The number of hydrogen-bond acceptors (Lipinski definition) is 5. The van der Waals surface area contributed by atoms with Crippen LogP contribution in [0.2, 0.25) is 0 Å². The summed E-state index contributed by atoms with van der Waals surface area (Å²) in [6.45, 7) is 4.18. The molecule has 0 saturated heterocycles. The summed E-state index contributed by atoms with van der Waals surface area (Å²) in [4.78, 5) is 48.9. The van der Waals surface area contributed by atoms with Crippen molar-refractivity contribution < 1.29 is 23.9 Å². The van der Waals surface area contributed by atoms with Gasteiger partial charge in [0.25, 0.3) is 0 Å². The van der Waals surface area contributed by atoms with Crippen molar-refractivity contribution in [3.8, 4) is 0 Å². The van der Waals surface area contributed by atoms with Crippen LogP contribution >= 0.6 is 0 Å². The molecule has 0 spiro atoms. The molecule has 2 aliphatic carbocycles. The molecular weight excluding hydrogens is 368 g/mol. The molecule has 4 atom stereocenters. The first-order chi connectivity index (χ1) is 14.0. The first-order valence-electron chi connectivity index (χ1n) is 11.4. The van der Waals surface area contributed by atoms with E-state index >= 15 is 0 Å². The van der Waals surface area contributed by atoms with E-state index in [1.807, 2.05) is 19.1 Å². The monoisotopic (exact) mass is 404 g/mol. The predicted molar refractivity (Wildman–Crippen MR) is 111 cm³/mol. The van der Waals surface area contributed by atoms with Crippen molar-refractivity contribution >= 4 is 23.5 Å². The summed E-state index contributed by atoms with van der Waals surface area (Å²) >= 11 is 0. The normalized spacial score (nSPS) is 27.1. The lowest BCUT2D eigenvalue weighted by Gasteiger charge is -2.18. The number of rotatable bonds is 11. The highest BCUT2D eigenvalue weighted by molar-refractivity contribution is 5.91. The van der Waals surface area contributed by atoms with Crippen LogP contribution in [0.3, 0.4) is 0 Å². The number of unbranched alkanes of at least 4 members (excludes halogenated alkanes) is 2. The van der Waals surface area contributed by atoms with E-state index in [0.29, 0.717) is 25.7 Å². The molecule has 0 aromatic rings. The fourth-order valence-electron chi connectivity index (χ4n) is 4.82. The van der Waals surface area contributed by atoms with Crippen molar-refractivity contribution in [1.29, 1.82) is 0 Å². The summed E-state index contributed by atoms with van der Waals surface area (Å²) in [6.07, 6.45) is 12.5. The van der Waals surface area contributed by atoms with Gasteiger partial charge >= 0.3 is 11.9 Å². The molecule has 5 heteroatoms. The molecule has 0 aromatic carbocycles. The van der Waals surface area contributed by atoms with E-state index in [4.69, 9.17) is 4.74 Å². The van der Waals surface area contributed by atoms with Crippen molar-refractivity contribution in [2.45, 2.75) is 90.9 Å². The van der Waals surface area contributed by atoms with Crippen LogP contribution in [0, 0.1) is 23.7 Å². The summed E-state index contributed by atoms with van der Waals surface area (Å²) in [6, 6.07) is 0. The molecular formula is C24H36O5. The number of ketones is 2. The maximum atomic E-state index is 12.3. The lowest BCUT2D eigenvalue weighted by Crippen LogP contribution is -2.24. The summed E-state index contributed by atoms with van der Waals surface area (Å²) in [7, 11) is 0. The molecule has 0 amide bonds. The predicted octanol–water partition coefficient (Wildman–Crippen LogP) is 4.96. The lowest BCUT2D eigenvalue weighted by molar-refractivity contribution is -0.161. The third-order valence-corrected chi connectivity index (χ3v) is 6.50. The Morgan fingerprint density at radius 1 is 0.897 bits per heavy atom. The molecule has 2 fully saturated rings. The topological polar surface area (TPSA) is 77.5 Å². The average molecular weight is 405 g/mol.